The van der Waals surface area contributed by atoms with Crippen LogP contribution in [0, 0.1) is 5.92 Å². The van der Waals surface area contributed by atoms with Crippen LogP contribution in [0.4, 0.5) is 5.69 Å². The van der Waals surface area contributed by atoms with E-state index in [1.54, 1.807) is 42.5 Å². The number of hydrogen-bond donors (Lipinski definition) is 1. The minimum absolute atomic E-state index is 0.257. The van der Waals surface area contributed by atoms with Crippen molar-refractivity contribution in [3.8, 4) is 11.5 Å². The number of nitrogens with one attached hydrogen (secondary N) is 1. The summed E-state index contributed by atoms with van der Waals surface area (Å²) in [4.78, 5) is 46.1. The molecular weight excluding hydrogens is 564 g/mol. The number of fused-ring (bicyclic) bond motifs is 6. The number of ketones is 2. The van der Waals surface area contributed by atoms with E-state index in [0.717, 1.165) is 11.1 Å². The topological polar surface area (TPSA) is 84.9 Å². The molecular formula is C35H27ClN2O5. The van der Waals surface area contributed by atoms with E-state index in [1.807, 2.05) is 65.7 Å². The summed E-state index contributed by atoms with van der Waals surface area (Å²) in [6.07, 6.45) is 3.77. The molecule has 0 saturated carbocycles. The van der Waals surface area contributed by atoms with E-state index in [1.165, 1.54) is 14.2 Å². The quantitative estimate of drug-likeness (QED) is 0.264. The van der Waals surface area contributed by atoms with Gasteiger partial charge in [-0.1, -0.05) is 66.2 Å². The molecule has 3 aliphatic rings. The second-order valence-corrected chi connectivity index (χ2v) is 11.3. The number of carbonyl (C=O) groups is 3. The Morgan fingerprint density at radius 2 is 1.58 bits per heavy atom. The fourth-order valence-corrected chi connectivity index (χ4v) is 7.39. The normalized spacial score (nSPS) is 22.9. The maximum absolute atomic E-state index is 14.9. The Morgan fingerprint density at radius 3 is 2.37 bits per heavy atom. The fraction of sp³-hybridized carbons (Fsp3) is 0.171. The maximum Gasteiger partial charge on any atom is 0.238 e. The van der Waals surface area contributed by atoms with Gasteiger partial charge in [-0.05, 0) is 59.2 Å². The molecule has 0 unspecified atom stereocenters. The molecule has 1 N–H and O–H groups in total. The zero-order valence-corrected chi connectivity index (χ0v) is 24.2. The lowest BCUT2D eigenvalue weighted by Gasteiger charge is -2.38. The zero-order valence-electron chi connectivity index (χ0n) is 23.4. The van der Waals surface area contributed by atoms with Crippen LogP contribution in [0.15, 0.2) is 97.2 Å². The van der Waals surface area contributed by atoms with E-state index >= 15 is 0 Å². The van der Waals surface area contributed by atoms with Crippen LogP contribution in [-0.4, -0.2) is 42.6 Å². The fourth-order valence-electron chi connectivity index (χ4n) is 7.16. The molecule has 4 aromatic rings. The number of benzene rings is 4. The van der Waals surface area contributed by atoms with Crippen molar-refractivity contribution in [1.29, 1.82) is 0 Å². The lowest BCUT2D eigenvalue weighted by atomic mass is 9.62. The number of rotatable bonds is 6. The van der Waals surface area contributed by atoms with Gasteiger partial charge in [-0.2, -0.15) is 0 Å². The largest absolute Gasteiger partial charge is 0.493 e. The van der Waals surface area contributed by atoms with Crippen molar-refractivity contribution in [1.82, 2.24) is 4.90 Å². The van der Waals surface area contributed by atoms with Gasteiger partial charge in [0.2, 0.25) is 5.91 Å². The Labute approximate surface area is 253 Å². The number of halogens is 1. The molecule has 0 aliphatic carbocycles. The summed E-state index contributed by atoms with van der Waals surface area (Å²) < 4.78 is 10.9. The summed E-state index contributed by atoms with van der Waals surface area (Å²) >= 11 is 6.62. The number of nitrogens with zero attached hydrogens (tertiary/aromatic N) is 1. The Hall–Kier alpha value is -4.88. The van der Waals surface area contributed by atoms with Crippen molar-refractivity contribution >= 4 is 40.8 Å². The lowest BCUT2D eigenvalue weighted by Crippen LogP contribution is -2.49. The molecule has 43 heavy (non-hydrogen) atoms. The minimum atomic E-state index is -1.44. The molecule has 7 rings (SSSR count). The van der Waals surface area contributed by atoms with E-state index in [2.05, 4.69) is 5.32 Å². The highest BCUT2D eigenvalue weighted by Gasteiger charge is 2.70. The predicted molar refractivity (Wildman–Crippen MR) is 164 cm³/mol. The lowest BCUT2D eigenvalue weighted by molar-refractivity contribution is -0.122. The molecule has 0 aromatic heterocycles. The first-order chi connectivity index (χ1) is 20.9. The van der Waals surface area contributed by atoms with Gasteiger partial charge < -0.3 is 19.7 Å². The van der Waals surface area contributed by atoms with Crippen molar-refractivity contribution in [2.24, 2.45) is 5.92 Å². The summed E-state index contributed by atoms with van der Waals surface area (Å²) in [6, 6.07) is 25.2. The summed E-state index contributed by atoms with van der Waals surface area (Å²) in [5.41, 5.74) is 2.22. The number of methoxy groups -OCH3 is 2. The average Bonchev–Trinajstić information content (AvgIpc) is 3.52. The van der Waals surface area contributed by atoms with Crippen molar-refractivity contribution < 1.29 is 23.9 Å². The predicted octanol–water partition coefficient (Wildman–Crippen LogP) is 6.34. The highest BCUT2D eigenvalue weighted by Crippen LogP contribution is 2.62. The summed E-state index contributed by atoms with van der Waals surface area (Å²) in [5, 5.41) is 3.31. The van der Waals surface area contributed by atoms with Crippen LogP contribution in [0.3, 0.4) is 0 Å². The van der Waals surface area contributed by atoms with Crippen LogP contribution >= 0.6 is 11.6 Å². The third-order valence-electron chi connectivity index (χ3n) is 8.93. The molecule has 0 bridgehead atoms. The zero-order chi connectivity index (χ0) is 29.9. The molecule has 3 heterocycles. The average molecular weight is 591 g/mol. The number of anilines is 1. The smallest absolute Gasteiger partial charge is 0.238 e. The van der Waals surface area contributed by atoms with E-state index in [-0.39, 0.29) is 28.1 Å². The van der Waals surface area contributed by atoms with Crippen LogP contribution in [-0.2, 0) is 10.2 Å². The van der Waals surface area contributed by atoms with Crippen molar-refractivity contribution in [2.75, 3.05) is 19.5 Å². The molecule has 1 spiro atoms. The second kappa shape index (κ2) is 10.1. The molecule has 1 amide bonds. The Bertz CT molecular complexity index is 1850. The standard InChI is InChI=1S/C35H27ClN2O5/c1-42-27-16-15-21(19-28(27)43-2)31(39)30-29(32(40)23-11-5-7-13-25(23)36)35(24-12-6-8-14-26(24)37-34(35)41)33-22-10-4-3-9-20(22)17-18-38(30)33/h3-19,29-30,33H,1-2H3,(H,37,41)/t29-,30-,33-,35+/m1/s1. The van der Waals surface area contributed by atoms with Crippen LogP contribution in [0.2, 0.25) is 5.02 Å². The molecule has 1 fully saturated rings. The molecule has 8 heteroatoms. The monoisotopic (exact) mass is 590 g/mol. The van der Waals surface area contributed by atoms with Gasteiger partial charge in [0.25, 0.3) is 0 Å². The Morgan fingerprint density at radius 1 is 0.860 bits per heavy atom. The van der Waals surface area contributed by atoms with Gasteiger partial charge in [-0.3, -0.25) is 14.4 Å². The summed E-state index contributed by atoms with van der Waals surface area (Å²) in [6.45, 7) is 0. The van der Waals surface area contributed by atoms with Gasteiger partial charge in [-0.25, -0.2) is 0 Å². The first kappa shape index (κ1) is 27.0. The molecule has 4 atom stereocenters. The van der Waals surface area contributed by atoms with Crippen LogP contribution in [0.5, 0.6) is 11.5 Å². The number of Topliss-reactive ketones (excluding diaryl/α,β-unsaturated/α-hetero) is 2. The number of ether oxygens (including phenoxy) is 2. The van der Waals surface area contributed by atoms with Gasteiger partial charge in [0.1, 0.15) is 11.5 Å². The van der Waals surface area contributed by atoms with E-state index < -0.39 is 23.4 Å². The highest BCUT2D eigenvalue weighted by atomic mass is 35.5. The Balaban J connectivity index is 1.53. The van der Waals surface area contributed by atoms with Crippen LogP contribution < -0.4 is 14.8 Å². The SMILES string of the molecule is COc1ccc(C(=O)[C@H]2[C@H](C(=O)c3ccccc3Cl)[C@]3(C(=O)Nc4ccccc43)[C@H]3c4ccccc4C=CN23)cc1OC. The van der Waals surface area contributed by atoms with Crippen molar-refractivity contribution in [2.45, 2.75) is 17.5 Å². The molecule has 4 aromatic carbocycles. The number of para-hydroxylation sites is 1. The third kappa shape index (κ3) is 3.78. The molecule has 0 radical (unpaired) electrons. The van der Waals surface area contributed by atoms with Gasteiger partial charge >= 0.3 is 0 Å². The number of hydrogen-bond acceptors (Lipinski definition) is 6. The molecule has 1 saturated heterocycles. The van der Waals surface area contributed by atoms with Crippen LogP contribution in [0.25, 0.3) is 6.08 Å². The maximum atomic E-state index is 14.9. The van der Waals surface area contributed by atoms with Gasteiger partial charge in [0.15, 0.2) is 23.1 Å². The molecule has 214 valence electrons. The van der Waals surface area contributed by atoms with Gasteiger partial charge in [0.05, 0.1) is 31.2 Å². The van der Waals surface area contributed by atoms with Crippen molar-refractivity contribution in [3.63, 3.8) is 0 Å². The first-order valence-electron chi connectivity index (χ1n) is 13.9. The second-order valence-electron chi connectivity index (χ2n) is 10.9. The molecule has 7 nitrogen and oxygen atoms in total. The first-order valence-corrected chi connectivity index (χ1v) is 14.3. The van der Waals surface area contributed by atoms with E-state index in [4.69, 9.17) is 21.1 Å². The van der Waals surface area contributed by atoms with Crippen LogP contribution in [0.1, 0.15) is 43.4 Å². The van der Waals surface area contributed by atoms with Gasteiger partial charge in [0, 0.05) is 23.0 Å². The summed E-state index contributed by atoms with van der Waals surface area (Å²) in [5.74, 6) is -1.31. The molecule has 3 aliphatic heterocycles. The van der Waals surface area contributed by atoms with E-state index in [0.29, 0.717) is 28.3 Å². The van der Waals surface area contributed by atoms with E-state index in [9.17, 15) is 14.4 Å². The summed E-state index contributed by atoms with van der Waals surface area (Å²) in [7, 11) is 3.02. The van der Waals surface area contributed by atoms with Gasteiger partial charge in [-0.15, -0.1) is 0 Å². The highest BCUT2D eigenvalue weighted by molar-refractivity contribution is 6.34. The minimum Gasteiger partial charge on any atom is -0.493 e. The number of carbonyl (C=O) groups excluding carboxylic acids is 3. The van der Waals surface area contributed by atoms with Crippen molar-refractivity contribution in [3.05, 3.63) is 130 Å². The third-order valence-corrected chi connectivity index (χ3v) is 9.26. The Kier molecular flexibility index (Phi) is 6.36. The number of amides is 1.